The molecule has 1 heterocycles. The maximum atomic E-state index is 11.6. The molecule has 1 aromatic heterocycles. The maximum absolute atomic E-state index is 11.6. The predicted octanol–water partition coefficient (Wildman–Crippen LogP) is 4.55. The number of thiophene rings is 1. The lowest BCUT2D eigenvalue weighted by Gasteiger charge is -2.05. The molecule has 0 radical (unpaired) electrons. The van der Waals surface area contributed by atoms with E-state index < -0.39 is 0 Å². The third-order valence-electron chi connectivity index (χ3n) is 2.91. The molecule has 0 amide bonds. The second kappa shape index (κ2) is 7.41. The fourth-order valence-corrected chi connectivity index (χ4v) is 2.58. The molecule has 106 valence electrons. The Balaban J connectivity index is 2.03. The van der Waals surface area contributed by atoms with E-state index in [1.165, 1.54) is 11.3 Å². The van der Waals surface area contributed by atoms with Crippen LogP contribution in [0.25, 0.3) is 11.1 Å². The van der Waals surface area contributed by atoms with Crippen molar-refractivity contribution in [1.29, 1.82) is 5.26 Å². The highest BCUT2D eigenvalue weighted by atomic mass is 32.1. The van der Waals surface area contributed by atoms with Crippen molar-refractivity contribution in [2.24, 2.45) is 0 Å². The molecule has 21 heavy (non-hydrogen) atoms. The number of rotatable bonds is 5. The number of ether oxygens (including phenoxy) is 1. The van der Waals surface area contributed by atoms with Gasteiger partial charge >= 0.3 is 5.97 Å². The van der Waals surface area contributed by atoms with Gasteiger partial charge in [0.05, 0.1) is 0 Å². The van der Waals surface area contributed by atoms with Gasteiger partial charge in [0.1, 0.15) is 16.7 Å². The average molecular weight is 297 g/mol. The third-order valence-corrected chi connectivity index (χ3v) is 3.73. The Labute approximate surface area is 128 Å². The zero-order valence-electron chi connectivity index (χ0n) is 11.7. The Bertz CT molecular complexity index is 678. The Morgan fingerprint density at radius 1 is 1.33 bits per heavy atom. The van der Waals surface area contributed by atoms with Crippen molar-refractivity contribution >= 4 is 17.3 Å². The van der Waals surface area contributed by atoms with Crippen molar-refractivity contribution in [2.45, 2.75) is 19.8 Å². The van der Waals surface area contributed by atoms with Crippen LogP contribution in [0.5, 0.6) is 5.75 Å². The zero-order valence-corrected chi connectivity index (χ0v) is 12.5. The number of esters is 1. The highest BCUT2D eigenvalue weighted by Gasteiger charge is 2.07. The van der Waals surface area contributed by atoms with Crippen LogP contribution in [0.15, 0.2) is 47.9 Å². The lowest BCUT2D eigenvalue weighted by molar-refractivity contribution is -0.134. The van der Waals surface area contributed by atoms with Crippen LogP contribution in [0.2, 0.25) is 0 Å². The molecule has 0 bridgehead atoms. The van der Waals surface area contributed by atoms with Gasteiger partial charge in [0.15, 0.2) is 0 Å². The standard InChI is InChI=1S/C17H15NO2S/c1-2-3-4-5-17(19)20-14-8-6-13(7-9-14)15-10-11-21-16(15)12-18/h2-3,6-11H,4-5H2,1H3/b3-2+. The van der Waals surface area contributed by atoms with Crippen molar-refractivity contribution in [3.63, 3.8) is 0 Å². The monoisotopic (exact) mass is 297 g/mol. The lowest BCUT2D eigenvalue weighted by atomic mass is 10.1. The zero-order chi connectivity index (χ0) is 15.1. The highest BCUT2D eigenvalue weighted by molar-refractivity contribution is 7.11. The molecular formula is C17H15NO2S. The first-order chi connectivity index (χ1) is 10.2. The van der Waals surface area contributed by atoms with Crippen LogP contribution in [0.3, 0.4) is 0 Å². The lowest BCUT2D eigenvalue weighted by Crippen LogP contribution is -2.06. The topological polar surface area (TPSA) is 50.1 Å². The molecule has 0 aliphatic heterocycles. The molecule has 0 atom stereocenters. The minimum atomic E-state index is -0.242. The van der Waals surface area contributed by atoms with Gasteiger partial charge in [0, 0.05) is 12.0 Å². The van der Waals surface area contributed by atoms with Crippen LogP contribution in [0.1, 0.15) is 24.6 Å². The molecule has 0 aliphatic carbocycles. The number of allylic oxidation sites excluding steroid dienone is 2. The fraction of sp³-hybridized carbons (Fsp3) is 0.176. The maximum Gasteiger partial charge on any atom is 0.311 e. The average Bonchev–Trinajstić information content (AvgIpc) is 2.97. The van der Waals surface area contributed by atoms with E-state index in [-0.39, 0.29) is 5.97 Å². The highest BCUT2D eigenvalue weighted by Crippen LogP contribution is 2.29. The number of carbonyl (C=O) groups excluding carboxylic acids is 1. The predicted molar refractivity (Wildman–Crippen MR) is 84.2 cm³/mol. The van der Waals surface area contributed by atoms with Gasteiger partial charge in [-0.3, -0.25) is 4.79 Å². The number of nitriles is 1. The Morgan fingerprint density at radius 2 is 2.10 bits per heavy atom. The fourth-order valence-electron chi connectivity index (χ4n) is 1.88. The minimum Gasteiger partial charge on any atom is -0.427 e. The smallest absolute Gasteiger partial charge is 0.311 e. The number of benzene rings is 1. The van der Waals surface area contributed by atoms with Crippen LogP contribution < -0.4 is 4.74 Å². The van der Waals surface area contributed by atoms with E-state index in [0.717, 1.165) is 11.1 Å². The van der Waals surface area contributed by atoms with Gasteiger partial charge in [0.2, 0.25) is 0 Å². The summed E-state index contributed by atoms with van der Waals surface area (Å²) >= 11 is 1.42. The van der Waals surface area contributed by atoms with E-state index in [0.29, 0.717) is 23.5 Å². The summed E-state index contributed by atoms with van der Waals surface area (Å²) in [4.78, 5) is 12.3. The van der Waals surface area contributed by atoms with Crippen LogP contribution in [-0.4, -0.2) is 5.97 Å². The van der Waals surface area contributed by atoms with Crippen LogP contribution in [-0.2, 0) is 4.79 Å². The van der Waals surface area contributed by atoms with Gasteiger partial charge in [-0.25, -0.2) is 0 Å². The molecule has 2 aromatic rings. The quantitative estimate of drug-likeness (QED) is 0.462. The molecule has 0 fully saturated rings. The molecule has 0 unspecified atom stereocenters. The second-order valence-electron chi connectivity index (χ2n) is 4.38. The normalized spacial score (nSPS) is 10.5. The summed E-state index contributed by atoms with van der Waals surface area (Å²) in [5.41, 5.74) is 1.86. The number of hydrogen-bond donors (Lipinski definition) is 0. The summed E-state index contributed by atoms with van der Waals surface area (Å²) in [5, 5.41) is 10.9. The first-order valence-corrected chi connectivity index (χ1v) is 7.52. The molecule has 1 aromatic carbocycles. The van der Waals surface area contributed by atoms with Gasteiger partial charge in [-0.15, -0.1) is 11.3 Å². The Morgan fingerprint density at radius 3 is 2.76 bits per heavy atom. The largest absolute Gasteiger partial charge is 0.427 e. The molecule has 4 heteroatoms. The van der Waals surface area contributed by atoms with E-state index in [1.807, 2.05) is 42.7 Å². The van der Waals surface area contributed by atoms with Crippen LogP contribution in [0.4, 0.5) is 0 Å². The van der Waals surface area contributed by atoms with E-state index in [9.17, 15) is 4.79 Å². The molecule has 0 spiro atoms. The molecule has 0 N–H and O–H groups in total. The van der Waals surface area contributed by atoms with Crippen LogP contribution in [0, 0.1) is 11.3 Å². The first-order valence-electron chi connectivity index (χ1n) is 6.64. The van der Waals surface area contributed by atoms with E-state index in [4.69, 9.17) is 10.00 Å². The Hall–Kier alpha value is -2.38. The van der Waals surface area contributed by atoms with Gasteiger partial charge < -0.3 is 4.74 Å². The van der Waals surface area contributed by atoms with Crippen molar-refractivity contribution < 1.29 is 9.53 Å². The van der Waals surface area contributed by atoms with Crippen LogP contribution >= 0.6 is 11.3 Å². The summed E-state index contributed by atoms with van der Waals surface area (Å²) in [5.74, 6) is 0.284. The second-order valence-corrected chi connectivity index (χ2v) is 5.30. The van der Waals surface area contributed by atoms with Gasteiger partial charge in [-0.1, -0.05) is 24.3 Å². The first kappa shape index (κ1) is 15.0. The van der Waals surface area contributed by atoms with Crippen molar-refractivity contribution in [2.75, 3.05) is 0 Å². The summed E-state index contributed by atoms with van der Waals surface area (Å²) in [6.07, 6.45) is 4.91. The summed E-state index contributed by atoms with van der Waals surface area (Å²) in [6.45, 7) is 1.92. The summed E-state index contributed by atoms with van der Waals surface area (Å²) in [6, 6.07) is 11.3. The number of nitrogens with zero attached hydrogens (tertiary/aromatic N) is 1. The Kier molecular flexibility index (Phi) is 5.30. The van der Waals surface area contributed by atoms with Crippen molar-refractivity contribution in [1.82, 2.24) is 0 Å². The minimum absolute atomic E-state index is 0.242. The number of hydrogen-bond acceptors (Lipinski definition) is 4. The molecule has 3 nitrogen and oxygen atoms in total. The van der Waals surface area contributed by atoms with E-state index in [1.54, 1.807) is 12.1 Å². The molecule has 0 saturated carbocycles. The summed E-state index contributed by atoms with van der Waals surface area (Å²) < 4.78 is 5.25. The summed E-state index contributed by atoms with van der Waals surface area (Å²) in [7, 11) is 0. The molecule has 2 rings (SSSR count). The van der Waals surface area contributed by atoms with E-state index in [2.05, 4.69) is 6.07 Å². The number of carbonyl (C=O) groups is 1. The van der Waals surface area contributed by atoms with Gasteiger partial charge in [0.25, 0.3) is 0 Å². The van der Waals surface area contributed by atoms with Crippen molar-refractivity contribution in [3.8, 4) is 22.9 Å². The van der Waals surface area contributed by atoms with Gasteiger partial charge in [-0.05, 0) is 42.5 Å². The van der Waals surface area contributed by atoms with E-state index >= 15 is 0 Å². The third kappa shape index (κ3) is 4.04. The molecule has 0 aliphatic rings. The molecule has 0 saturated heterocycles. The molecular weight excluding hydrogens is 282 g/mol. The SMILES string of the molecule is C/C=C/CCC(=O)Oc1ccc(-c2ccsc2C#N)cc1. The van der Waals surface area contributed by atoms with Crippen molar-refractivity contribution in [3.05, 3.63) is 52.7 Å². The van der Waals surface area contributed by atoms with Gasteiger partial charge in [-0.2, -0.15) is 5.26 Å².